The van der Waals surface area contributed by atoms with Crippen LogP contribution in [0.2, 0.25) is 0 Å². The molecule has 0 aliphatic rings. The summed E-state index contributed by atoms with van der Waals surface area (Å²) in [6.45, 7) is 12.3. The Bertz CT molecular complexity index is 584. The maximum absolute atomic E-state index is 5.91. The molecule has 0 spiro atoms. The number of nitrogens with zero attached hydrogens (tertiary/aromatic N) is 3. The van der Waals surface area contributed by atoms with E-state index in [4.69, 9.17) is 10.7 Å². The maximum atomic E-state index is 5.91. The highest BCUT2D eigenvalue weighted by Gasteiger charge is 2.16. The molecule has 4 nitrogen and oxygen atoms in total. The van der Waals surface area contributed by atoms with Crippen molar-refractivity contribution in [3.8, 4) is 0 Å². The van der Waals surface area contributed by atoms with Gasteiger partial charge in [-0.3, -0.25) is 4.90 Å². The number of imidazole rings is 1. The molecule has 2 aromatic rings. The molecule has 4 heteroatoms. The number of benzene rings is 1. The maximum Gasteiger partial charge on any atom is 0.124 e. The number of nitrogens with two attached hydrogens (primary N) is 1. The molecule has 21 heavy (non-hydrogen) atoms. The number of rotatable bonds is 7. The highest BCUT2D eigenvalue weighted by Crippen LogP contribution is 2.23. The zero-order valence-electron chi connectivity index (χ0n) is 13.8. The van der Waals surface area contributed by atoms with Gasteiger partial charge in [0.05, 0.1) is 17.6 Å². The standard InChI is InChI=1S/C17H28N4/c1-5-14-8-9-16-15(10-14)19-17(12-20(6-2)7-3)21(16)13(4)11-18/h8-10,13H,5-7,11-12,18H2,1-4H3. The Morgan fingerprint density at radius 2 is 1.95 bits per heavy atom. The Hall–Kier alpha value is -1.39. The fourth-order valence-corrected chi connectivity index (χ4v) is 2.77. The smallest absolute Gasteiger partial charge is 0.124 e. The lowest BCUT2D eigenvalue weighted by Gasteiger charge is -2.21. The van der Waals surface area contributed by atoms with E-state index >= 15 is 0 Å². The van der Waals surface area contributed by atoms with Crippen LogP contribution in [-0.2, 0) is 13.0 Å². The molecule has 0 aliphatic heterocycles. The van der Waals surface area contributed by atoms with Crippen molar-refractivity contribution < 1.29 is 0 Å². The van der Waals surface area contributed by atoms with E-state index in [1.165, 1.54) is 11.1 Å². The zero-order valence-corrected chi connectivity index (χ0v) is 13.8. The van der Waals surface area contributed by atoms with E-state index in [0.717, 1.165) is 37.4 Å². The molecule has 2 N–H and O–H groups in total. The van der Waals surface area contributed by atoms with E-state index in [2.05, 4.69) is 55.4 Å². The second-order valence-electron chi connectivity index (χ2n) is 5.62. The number of fused-ring (bicyclic) bond motifs is 1. The summed E-state index contributed by atoms with van der Waals surface area (Å²) in [6.07, 6.45) is 1.04. The van der Waals surface area contributed by atoms with Gasteiger partial charge in [0.1, 0.15) is 5.82 Å². The quantitative estimate of drug-likeness (QED) is 0.852. The molecule has 0 radical (unpaired) electrons. The van der Waals surface area contributed by atoms with Crippen molar-refractivity contribution in [2.45, 2.75) is 46.7 Å². The number of hydrogen-bond acceptors (Lipinski definition) is 3. The Kier molecular flexibility index (Phi) is 5.37. The molecule has 1 aromatic heterocycles. The first-order chi connectivity index (χ1) is 10.1. The molecule has 0 amide bonds. The molecule has 0 aliphatic carbocycles. The van der Waals surface area contributed by atoms with Crippen LogP contribution in [0.4, 0.5) is 0 Å². The third kappa shape index (κ3) is 3.27. The Morgan fingerprint density at radius 1 is 1.24 bits per heavy atom. The van der Waals surface area contributed by atoms with Gasteiger partial charge in [0.25, 0.3) is 0 Å². The van der Waals surface area contributed by atoms with Crippen LogP contribution in [0.3, 0.4) is 0 Å². The van der Waals surface area contributed by atoms with Gasteiger partial charge in [0.15, 0.2) is 0 Å². The summed E-state index contributed by atoms with van der Waals surface area (Å²) in [5, 5.41) is 0. The number of hydrogen-bond donors (Lipinski definition) is 1. The topological polar surface area (TPSA) is 47.1 Å². The van der Waals surface area contributed by atoms with Crippen molar-refractivity contribution in [1.82, 2.24) is 14.5 Å². The fourth-order valence-electron chi connectivity index (χ4n) is 2.77. The Balaban J connectivity index is 2.51. The summed E-state index contributed by atoms with van der Waals surface area (Å²) in [6, 6.07) is 6.87. The highest BCUT2D eigenvalue weighted by molar-refractivity contribution is 5.77. The highest BCUT2D eigenvalue weighted by atomic mass is 15.2. The normalized spacial score (nSPS) is 13.2. The van der Waals surface area contributed by atoms with Gasteiger partial charge >= 0.3 is 0 Å². The summed E-state index contributed by atoms with van der Waals surface area (Å²) in [5.41, 5.74) is 9.54. The minimum atomic E-state index is 0.271. The van der Waals surface area contributed by atoms with Gasteiger partial charge < -0.3 is 10.3 Å². The molecule has 1 heterocycles. The number of aryl methyl sites for hydroxylation is 1. The van der Waals surface area contributed by atoms with Crippen molar-refractivity contribution >= 4 is 11.0 Å². The van der Waals surface area contributed by atoms with E-state index in [0.29, 0.717) is 6.54 Å². The van der Waals surface area contributed by atoms with E-state index in [-0.39, 0.29) is 6.04 Å². The van der Waals surface area contributed by atoms with Gasteiger partial charge in [0, 0.05) is 12.6 Å². The first kappa shape index (κ1) is 16.0. The van der Waals surface area contributed by atoms with Gasteiger partial charge in [-0.15, -0.1) is 0 Å². The summed E-state index contributed by atoms with van der Waals surface area (Å²) in [4.78, 5) is 7.28. The second-order valence-corrected chi connectivity index (χ2v) is 5.62. The third-order valence-corrected chi connectivity index (χ3v) is 4.28. The van der Waals surface area contributed by atoms with Gasteiger partial charge in [-0.2, -0.15) is 0 Å². The SMILES string of the molecule is CCc1ccc2c(c1)nc(CN(CC)CC)n2C(C)CN. The van der Waals surface area contributed by atoms with Crippen LogP contribution in [0, 0.1) is 0 Å². The van der Waals surface area contributed by atoms with Crippen LogP contribution >= 0.6 is 0 Å². The summed E-state index contributed by atoms with van der Waals surface area (Å²) < 4.78 is 2.31. The molecular formula is C17H28N4. The van der Waals surface area contributed by atoms with Crippen molar-refractivity contribution in [2.75, 3.05) is 19.6 Å². The molecule has 2 rings (SSSR count). The number of aromatic nitrogens is 2. The van der Waals surface area contributed by atoms with Crippen LogP contribution in [0.1, 0.15) is 45.1 Å². The van der Waals surface area contributed by atoms with E-state index in [9.17, 15) is 0 Å². The first-order valence-corrected chi connectivity index (χ1v) is 8.06. The van der Waals surface area contributed by atoms with Gasteiger partial charge in [-0.25, -0.2) is 4.98 Å². The van der Waals surface area contributed by atoms with Crippen molar-refractivity contribution in [3.63, 3.8) is 0 Å². The van der Waals surface area contributed by atoms with E-state index in [1.54, 1.807) is 0 Å². The van der Waals surface area contributed by atoms with Crippen LogP contribution < -0.4 is 5.73 Å². The molecule has 0 bridgehead atoms. The molecule has 1 atom stereocenters. The Morgan fingerprint density at radius 3 is 2.52 bits per heavy atom. The fraction of sp³-hybridized carbons (Fsp3) is 0.588. The molecule has 0 saturated carbocycles. The van der Waals surface area contributed by atoms with Gasteiger partial charge in [-0.1, -0.05) is 26.8 Å². The summed E-state index contributed by atoms with van der Waals surface area (Å²) in [5.74, 6) is 1.12. The van der Waals surface area contributed by atoms with Crippen molar-refractivity contribution in [2.24, 2.45) is 5.73 Å². The summed E-state index contributed by atoms with van der Waals surface area (Å²) >= 11 is 0. The zero-order chi connectivity index (χ0) is 15.4. The van der Waals surface area contributed by atoms with Crippen molar-refractivity contribution in [3.05, 3.63) is 29.6 Å². The first-order valence-electron chi connectivity index (χ1n) is 8.06. The van der Waals surface area contributed by atoms with Crippen molar-refractivity contribution in [1.29, 1.82) is 0 Å². The minimum absolute atomic E-state index is 0.271. The lowest BCUT2D eigenvalue weighted by atomic mass is 10.1. The average molecular weight is 288 g/mol. The van der Waals surface area contributed by atoms with Crippen LogP contribution in [0.5, 0.6) is 0 Å². The Labute approximate surface area is 128 Å². The molecule has 0 fully saturated rings. The second kappa shape index (κ2) is 7.05. The monoisotopic (exact) mass is 288 g/mol. The predicted octanol–water partition coefficient (Wildman–Crippen LogP) is 2.96. The average Bonchev–Trinajstić information content (AvgIpc) is 2.88. The lowest BCUT2D eigenvalue weighted by Crippen LogP contribution is -2.26. The van der Waals surface area contributed by atoms with Gasteiger partial charge in [0.2, 0.25) is 0 Å². The molecular weight excluding hydrogens is 260 g/mol. The largest absolute Gasteiger partial charge is 0.328 e. The summed E-state index contributed by atoms with van der Waals surface area (Å²) in [7, 11) is 0. The van der Waals surface area contributed by atoms with E-state index in [1.807, 2.05) is 0 Å². The van der Waals surface area contributed by atoms with Crippen LogP contribution in [0.25, 0.3) is 11.0 Å². The van der Waals surface area contributed by atoms with Crippen LogP contribution in [0.15, 0.2) is 18.2 Å². The van der Waals surface area contributed by atoms with Gasteiger partial charge in [-0.05, 0) is 44.1 Å². The third-order valence-electron chi connectivity index (χ3n) is 4.28. The molecule has 1 aromatic carbocycles. The van der Waals surface area contributed by atoms with Crippen LogP contribution in [-0.4, -0.2) is 34.1 Å². The van der Waals surface area contributed by atoms with E-state index < -0.39 is 0 Å². The minimum Gasteiger partial charge on any atom is -0.328 e. The lowest BCUT2D eigenvalue weighted by molar-refractivity contribution is 0.281. The molecule has 0 saturated heterocycles. The molecule has 1 unspecified atom stereocenters. The molecule has 116 valence electrons. The predicted molar refractivity (Wildman–Crippen MR) is 89.5 cm³/mol.